The number of fused-ring (bicyclic) bond motifs is 1. The molecule has 4 rings (SSSR count). The smallest absolute Gasteiger partial charge is 0.0259 e. The van der Waals surface area contributed by atoms with E-state index in [9.17, 15) is 0 Å². The van der Waals surface area contributed by atoms with Crippen LogP contribution in [-0.2, 0) is 12.8 Å². The summed E-state index contributed by atoms with van der Waals surface area (Å²) in [6.07, 6.45) is 7.04. The second kappa shape index (κ2) is 10.1. The van der Waals surface area contributed by atoms with Crippen LogP contribution in [0.3, 0.4) is 0 Å². The van der Waals surface area contributed by atoms with Crippen molar-refractivity contribution in [3.8, 4) is 0 Å². The molecule has 0 aromatic heterocycles. The third-order valence-electron chi connectivity index (χ3n) is 5.21. The topological polar surface area (TPSA) is 50.1 Å². The Labute approximate surface area is 154 Å². The predicted octanol–water partition coefficient (Wildman–Crippen LogP) is 3.52. The molecule has 3 nitrogen and oxygen atoms in total. The van der Waals surface area contributed by atoms with Gasteiger partial charge in [-0.3, -0.25) is 0 Å². The molecule has 1 aliphatic carbocycles. The van der Waals surface area contributed by atoms with E-state index in [1.165, 1.54) is 41.8 Å². The highest BCUT2D eigenvalue weighted by atomic mass is 15.0. The summed E-state index contributed by atoms with van der Waals surface area (Å²) in [4.78, 5) is 0. The van der Waals surface area contributed by atoms with Crippen LogP contribution in [0.4, 0.5) is 0 Å². The van der Waals surface area contributed by atoms with E-state index in [2.05, 4.69) is 48.8 Å². The normalized spacial score (nSPS) is 23.7. The van der Waals surface area contributed by atoms with E-state index in [0.717, 1.165) is 25.8 Å². The maximum atomic E-state index is 6.14. The van der Waals surface area contributed by atoms with Gasteiger partial charge in [-0.15, -0.1) is 0 Å². The lowest BCUT2D eigenvalue weighted by atomic mass is 9.93. The minimum Gasteiger partial charge on any atom is -0.326 e. The molecule has 3 aliphatic rings. The van der Waals surface area contributed by atoms with E-state index >= 15 is 0 Å². The molecule has 2 heterocycles. The summed E-state index contributed by atoms with van der Waals surface area (Å²) in [6, 6.07) is 7.74. The summed E-state index contributed by atoms with van der Waals surface area (Å²) < 4.78 is 0. The van der Waals surface area contributed by atoms with E-state index in [0.29, 0.717) is 18.0 Å². The Bertz CT molecular complexity index is 554. The second-order valence-corrected chi connectivity index (χ2v) is 7.33. The Hall–Kier alpha value is -1.16. The molecule has 4 N–H and O–H groups in total. The standard InChI is InChI=1S/C17H24N2.C3H7N.C2H6/c1-11(2)14-6-5-13-4-3-12(9-15(13)14)10-17-16(18)7-8-19-17;1-2-4-3-1;1-2/h3-4,6,9,11,16-17,19H,5,7-8,10,18H2,1-2H3;4H,1-3H2;1-2H3. The molecule has 2 atom stereocenters. The number of benzene rings is 1. The number of nitrogens with two attached hydrogens (primary N) is 1. The van der Waals surface area contributed by atoms with E-state index < -0.39 is 0 Å². The van der Waals surface area contributed by atoms with Crippen molar-refractivity contribution in [2.75, 3.05) is 19.6 Å². The molecular weight excluding hydrogens is 306 g/mol. The molecule has 2 unspecified atom stereocenters. The summed E-state index contributed by atoms with van der Waals surface area (Å²) in [6.45, 7) is 12.1. The Morgan fingerprint density at radius 3 is 2.36 bits per heavy atom. The summed E-state index contributed by atoms with van der Waals surface area (Å²) in [5, 5.41) is 6.63. The van der Waals surface area contributed by atoms with Crippen LogP contribution in [0.2, 0.25) is 0 Å². The number of rotatable bonds is 3. The quantitative estimate of drug-likeness (QED) is 0.787. The van der Waals surface area contributed by atoms with Crippen LogP contribution in [0.5, 0.6) is 0 Å². The summed E-state index contributed by atoms with van der Waals surface area (Å²) >= 11 is 0. The van der Waals surface area contributed by atoms with Gasteiger partial charge in [-0.2, -0.15) is 0 Å². The first-order valence-electron chi connectivity index (χ1n) is 10.2. The maximum absolute atomic E-state index is 6.14. The van der Waals surface area contributed by atoms with Gasteiger partial charge in [0.15, 0.2) is 0 Å². The summed E-state index contributed by atoms with van der Waals surface area (Å²) in [5.41, 5.74) is 12.0. The average molecular weight is 344 g/mol. The molecule has 1 aromatic carbocycles. The lowest BCUT2D eigenvalue weighted by Gasteiger charge is -2.17. The Morgan fingerprint density at radius 2 is 1.84 bits per heavy atom. The SMILES string of the molecule is C1CNC1.CC.CC(C)C1=CCc2ccc(CC3NCCC3N)cc21. The molecule has 2 aliphatic heterocycles. The molecule has 1 aromatic rings. The highest BCUT2D eigenvalue weighted by molar-refractivity contribution is 5.74. The van der Waals surface area contributed by atoms with Gasteiger partial charge in [-0.25, -0.2) is 0 Å². The molecule has 0 radical (unpaired) electrons. The van der Waals surface area contributed by atoms with E-state index in [-0.39, 0.29) is 0 Å². The van der Waals surface area contributed by atoms with Crippen LogP contribution in [0.25, 0.3) is 5.57 Å². The average Bonchev–Trinajstić information content (AvgIpc) is 3.14. The number of hydrogen-bond donors (Lipinski definition) is 3. The van der Waals surface area contributed by atoms with E-state index in [4.69, 9.17) is 5.73 Å². The van der Waals surface area contributed by atoms with Crippen LogP contribution in [-0.4, -0.2) is 31.7 Å². The van der Waals surface area contributed by atoms with Gasteiger partial charge in [0.2, 0.25) is 0 Å². The number of hydrogen-bond acceptors (Lipinski definition) is 3. The van der Waals surface area contributed by atoms with Crippen molar-refractivity contribution in [1.82, 2.24) is 10.6 Å². The number of allylic oxidation sites excluding steroid dienone is 2. The zero-order valence-electron chi connectivity index (χ0n) is 16.6. The fourth-order valence-electron chi connectivity index (χ4n) is 3.52. The van der Waals surface area contributed by atoms with Crippen molar-refractivity contribution >= 4 is 5.57 Å². The first kappa shape index (κ1) is 20.2. The zero-order valence-corrected chi connectivity index (χ0v) is 16.6. The zero-order chi connectivity index (χ0) is 18.2. The molecule has 2 saturated heterocycles. The van der Waals surface area contributed by atoms with Crippen molar-refractivity contribution < 1.29 is 0 Å². The fraction of sp³-hybridized carbons (Fsp3) is 0.636. The Balaban J connectivity index is 0.000000324. The van der Waals surface area contributed by atoms with E-state index in [1.54, 1.807) is 0 Å². The highest BCUT2D eigenvalue weighted by Gasteiger charge is 2.24. The van der Waals surface area contributed by atoms with E-state index in [1.807, 2.05) is 13.8 Å². The number of nitrogens with one attached hydrogen (secondary N) is 2. The van der Waals surface area contributed by atoms with Gasteiger partial charge in [0.25, 0.3) is 0 Å². The maximum Gasteiger partial charge on any atom is 0.0259 e. The lowest BCUT2D eigenvalue weighted by Crippen LogP contribution is -2.37. The van der Waals surface area contributed by atoms with Gasteiger partial charge in [0.05, 0.1) is 0 Å². The van der Waals surface area contributed by atoms with Crippen molar-refractivity contribution in [1.29, 1.82) is 0 Å². The Morgan fingerprint density at radius 1 is 1.16 bits per heavy atom. The third kappa shape index (κ3) is 5.40. The largest absolute Gasteiger partial charge is 0.326 e. The van der Waals surface area contributed by atoms with Gasteiger partial charge in [0.1, 0.15) is 0 Å². The molecule has 3 heteroatoms. The third-order valence-corrected chi connectivity index (χ3v) is 5.21. The van der Waals surface area contributed by atoms with Crippen molar-refractivity contribution in [3.05, 3.63) is 41.0 Å². The van der Waals surface area contributed by atoms with Gasteiger partial charge in [-0.1, -0.05) is 52.0 Å². The first-order chi connectivity index (χ1) is 12.1. The molecule has 0 bridgehead atoms. The Kier molecular flexibility index (Phi) is 8.14. The fourth-order valence-corrected chi connectivity index (χ4v) is 3.52. The summed E-state index contributed by atoms with van der Waals surface area (Å²) in [5.74, 6) is 0.614. The van der Waals surface area contributed by atoms with Crippen LogP contribution in [0.1, 0.15) is 57.2 Å². The molecule has 0 spiro atoms. The van der Waals surface area contributed by atoms with Crippen molar-refractivity contribution in [2.24, 2.45) is 11.7 Å². The first-order valence-corrected chi connectivity index (χ1v) is 10.2. The highest BCUT2D eigenvalue weighted by Crippen LogP contribution is 2.33. The van der Waals surface area contributed by atoms with Crippen molar-refractivity contribution in [3.63, 3.8) is 0 Å². The van der Waals surface area contributed by atoms with Gasteiger partial charge in [0, 0.05) is 12.1 Å². The molecule has 0 saturated carbocycles. The minimum atomic E-state index is 0.313. The molecule has 140 valence electrons. The van der Waals surface area contributed by atoms with Crippen LogP contribution >= 0.6 is 0 Å². The molecule has 0 amide bonds. The van der Waals surface area contributed by atoms with Gasteiger partial charge in [-0.05, 0) is 73.5 Å². The molecular formula is C22H37N3. The minimum absolute atomic E-state index is 0.313. The van der Waals surface area contributed by atoms with Crippen LogP contribution in [0.15, 0.2) is 24.3 Å². The molecule has 25 heavy (non-hydrogen) atoms. The lowest BCUT2D eigenvalue weighted by molar-refractivity contribution is 0.527. The predicted molar refractivity (Wildman–Crippen MR) is 110 cm³/mol. The molecule has 2 fully saturated rings. The van der Waals surface area contributed by atoms with Crippen LogP contribution in [0, 0.1) is 5.92 Å². The monoisotopic (exact) mass is 343 g/mol. The summed E-state index contributed by atoms with van der Waals surface area (Å²) in [7, 11) is 0. The van der Waals surface area contributed by atoms with Crippen LogP contribution < -0.4 is 16.4 Å². The van der Waals surface area contributed by atoms with Crippen molar-refractivity contribution in [2.45, 2.75) is 65.5 Å². The second-order valence-electron chi connectivity index (χ2n) is 7.33. The van der Waals surface area contributed by atoms with Gasteiger partial charge >= 0.3 is 0 Å². The van der Waals surface area contributed by atoms with Gasteiger partial charge < -0.3 is 16.4 Å².